The number of halogens is 4. The summed E-state index contributed by atoms with van der Waals surface area (Å²) in [4.78, 5) is 40.1. The standard InChI is InChI=1S/C29H22F4N4O5/c1-15(38)21-13-36(23-3-2-16(6-20(21)23)17-4-5-34-35-11-17)14-28(40)37-12-19(30)9-24(37)25(39)7-18-8-26-27(10-22(18)31)42-29(32,33)41-26/h2-6,8,10-11,13,19,24H,7,9,12,14H2,1H3/t19-,24+/m1/s1. The largest absolute Gasteiger partial charge is 0.586 e. The average Bonchev–Trinajstić information content (AvgIpc) is 3.60. The van der Waals surface area contributed by atoms with E-state index in [9.17, 15) is 31.9 Å². The van der Waals surface area contributed by atoms with Crippen molar-refractivity contribution in [2.45, 2.75) is 44.8 Å². The van der Waals surface area contributed by atoms with Gasteiger partial charge in [-0.1, -0.05) is 6.07 Å². The molecule has 6 rings (SSSR count). The third-order valence-electron chi connectivity index (χ3n) is 7.36. The second kappa shape index (κ2) is 10.2. The van der Waals surface area contributed by atoms with E-state index in [0.29, 0.717) is 22.5 Å². The molecular weight excluding hydrogens is 560 g/mol. The molecule has 2 aromatic carbocycles. The number of alkyl halides is 3. The predicted octanol–water partition coefficient (Wildman–Crippen LogP) is 4.51. The maximum atomic E-state index is 14.6. The van der Waals surface area contributed by atoms with E-state index in [-0.39, 0.29) is 30.9 Å². The summed E-state index contributed by atoms with van der Waals surface area (Å²) in [5.74, 6) is -3.38. The molecule has 216 valence electrons. The molecule has 9 nitrogen and oxygen atoms in total. The summed E-state index contributed by atoms with van der Waals surface area (Å²) in [6.45, 7) is 0.772. The Balaban J connectivity index is 1.24. The van der Waals surface area contributed by atoms with E-state index in [4.69, 9.17) is 0 Å². The van der Waals surface area contributed by atoms with Crippen LogP contribution in [0.5, 0.6) is 11.5 Å². The number of fused-ring (bicyclic) bond motifs is 2. The molecule has 0 aliphatic carbocycles. The minimum absolute atomic E-state index is 0.224. The van der Waals surface area contributed by atoms with Crippen molar-refractivity contribution in [2.75, 3.05) is 6.54 Å². The van der Waals surface area contributed by atoms with E-state index < -0.39 is 53.9 Å². The number of hydrogen-bond donors (Lipinski definition) is 0. The third kappa shape index (κ3) is 5.06. The number of aromatic nitrogens is 3. The van der Waals surface area contributed by atoms with E-state index in [1.54, 1.807) is 41.2 Å². The number of likely N-dealkylation sites (tertiary alicyclic amines) is 1. The zero-order valence-corrected chi connectivity index (χ0v) is 22.0. The lowest BCUT2D eigenvalue weighted by Crippen LogP contribution is -2.42. The van der Waals surface area contributed by atoms with E-state index >= 15 is 0 Å². The Morgan fingerprint density at radius 2 is 1.81 bits per heavy atom. The summed E-state index contributed by atoms with van der Waals surface area (Å²) in [5.41, 5.74) is 2.27. The topological polar surface area (TPSA) is 104 Å². The van der Waals surface area contributed by atoms with E-state index in [2.05, 4.69) is 19.7 Å². The van der Waals surface area contributed by atoms with Crippen LogP contribution in [0.4, 0.5) is 17.6 Å². The Hall–Kier alpha value is -4.81. The Labute approximate surface area is 235 Å². The second-order valence-electron chi connectivity index (χ2n) is 10.2. The van der Waals surface area contributed by atoms with Gasteiger partial charge in [-0.3, -0.25) is 14.4 Å². The van der Waals surface area contributed by atoms with Crippen LogP contribution in [0, 0.1) is 5.82 Å². The Morgan fingerprint density at radius 3 is 2.52 bits per heavy atom. The van der Waals surface area contributed by atoms with Crippen LogP contribution in [-0.2, 0) is 22.6 Å². The van der Waals surface area contributed by atoms with Gasteiger partial charge in [0.05, 0.1) is 25.0 Å². The van der Waals surface area contributed by atoms with Crippen molar-refractivity contribution >= 4 is 28.4 Å². The molecule has 2 atom stereocenters. The highest BCUT2D eigenvalue weighted by Crippen LogP contribution is 2.42. The van der Waals surface area contributed by atoms with Gasteiger partial charge in [-0.15, -0.1) is 8.78 Å². The van der Waals surface area contributed by atoms with E-state index in [1.807, 2.05) is 0 Å². The van der Waals surface area contributed by atoms with Crippen LogP contribution in [0.3, 0.4) is 0 Å². The molecule has 13 heteroatoms. The number of nitrogens with zero attached hydrogens (tertiary/aromatic N) is 4. The first-order valence-electron chi connectivity index (χ1n) is 12.9. The SMILES string of the molecule is CC(=O)c1cn(CC(=O)N2C[C@H](F)C[C@H]2C(=O)Cc2cc3c(cc2F)OC(F)(F)O3)c2ccc(-c3ccnnc3)cc12. The molecule has 1 saturated heterocycles. The number of benzene rings is 2. The molecule has 0 bridgehead atoms. The number of rotatable bonds is 7. The van der Waals surface area contributed by atoms with Crippen LogP contribution in [0.25, 0.3) is 22.0 Å². The summed E-state index contributed by atoms with van der Waals surface area (Å²) in [7, 11) is 0. The lowest BCUT2D eigenvalue weighted by atomic mass is 10.0. The molecule has 4 aromatic rings. The molecule has 0 spiro atoms. The number of Topliss-reactive ketones (excluding diaryl/α,β-unsaturated/α-hetero) is 2. The molecule has 0 radical (unpaired) electrons. The Kier molecular flexibility index (Phi) is 6.66. The maximum Gasteiger partial charge on any atom is 0.586 e. The monoisotopic (exact) mass is 582 g/mol. The summed E-state index contributed by atoms with van der Waals surface area (Å²) < 4.78 is 66.0. The smallest absolute Gasteiger partial charge is 0.395 e. The molecular formula is C29H22F4N4O5. The van der Waals surface area contributed by atoms with Crippen LogP contribution in [0.1, 0.15) is 29.3 Å². The number of ketones is 2. The van der Waals surface area contributed by atoms with Gasteiger partial charge in [0, 0.05) is 47.1 Å². The summed E-state index contributed by atoms with van der Waals surface area (Å²) in [6, 6.07) is 7.56. The summed E-state index contributed by atoms with van der Waals surface area (Å²) in [5, 5.41) is 8.24. The third-order valence-corrected chi connectivity index (χ3v) is 7.36. The maximum absolute atomic E-state index is 14.6. The fourth-order valence-corrected chi connectivity index (χ4v) is 5.41. The normalized spacial score (nSPS) is 18.9. The molecule has 2 aliphatic rings. The molecule has 2 aromatic heterocycles. The zero-order chi connectivity index (χ0) is 29.8. The van der Waals surface area contributed by atoms with Crippen molar-refractivity contribution in [2.24, 2.45) is 0 Å². The number of amides is 1. The van der Waals surface area contributed by atoms with Crippen molar-refractivity contribution in [1.82, 2.24) is 19.7 Å². The van der Waals surface area contributed by atoms with Gasteiger partial charge in [-0.25, -0.2) is 8.78 Å². The van der Waals surface area contributed by atoms with E-state index in [0.717, 1.165) is 22.1 Å². The Bertz CT molecular complexity index is 1740. The van der Waals surface area contributed by atoms with Crippen LogP contribution < -0.4 is 9.47 Å². The average molecular weight is 583 g/mol. The first-order chi connectivity index (χ1) is 20.0. The summed E-state index contributed by atoms with van der Waals surface area (Å²) in [6.07, 6.45) is -1.66. The number of ether oxygens (including phenoxy) is 2. The van der Waals surface area contributed by atoms with Gasteiger partial charge in [-0.05, 0) is 42.3 Å². The van der Waals surface area contributed by atoms with Crippen molar-refractivity contribution in [3.05, 3.63) is 71.9 Å². The molecule has 0 N–H and O–H groups in total. The number of carbonyl (C=O) groups is 3. The first kappa shape index (κ1) is 27.4. The van der Waals surface area contributed by atoms with Gasteiger partial charge in [0.2, 0.25) is 5.91 Å². The predicted molar refractivity (Wildman–Crippen MR) is 139 cm³/mol. The lowest BCUT2D eigenvalue weighted by Gasteiger charge is -2.24. The van der Waals surface area contributed by atoms with Gasteiger partial charge in [-0.2, -0.15) is 10.2 Å². The highest BCUT2D eigenvalue weighted by Gasteiger charge is 2.44. The molecule has 4 heterocycles. The first-order valence-corrected chi connectivity index (χ1v) is 12.9. The van der Waals surface area contributed by atoms with Crippen molar-refractivity contribution in [3.63, 3.8) is 0 Å². The fraction of sp³-hybridized carbons (Fsp3) is 0.276. The molecule has 2 aliphatic heterocycles. The fourth-order valence-electron chi connectivity index (χ4n) is 5.41. The second-order valence-corrected chi connectivity index (χ2v) is 10.2. The highest BCUT2D eigenvalue weighted by atomic mass is 19.3. The highest BCUT2D eigenvalue weighted by molar-refractivity contribution is 6.08. The van der Waals surface area contributed by atoms with Crippen molar-refractivity contribution < 1.29 is 41.4 Å². The molecule has 1 fully saturated rings. The zero-order valence-electron chi connectivity index (χ0n) is 22.0. The lowest BCUT2D eigenvalue weighted by molar-refractivity contribution is -0.286. The Morgan fingerprint density at radius 1 is 1.05 bits per heavy atom. The summed E-state index contributed by atoms with van der Waals surface area (Å²) >= 11 is 0. The minimum atomic E-state index is -3.96. The number of hydrogen-bond acceptors (Lipinski definition) is 7. The van der Waals surface area contributed by atoms with Crippen LogP contribution in [-0.4, -0.2) is 62.2 Å². The van der Waals surface area contributed by atoms with Crippen LogP contribution in [0.15, 0.2) is 55.0 Å². The molecule has 1 amide bonds. The minimum Gasteiger partial charge on any atom is -0.395 e. The molecule has 0 unspecified atom stereocenters. The van der Waals surface area contributed by atoms with Gasteiger partial charge in [0.25, 0.3) is 0 Å². The molecule has 42 heavy (non-hydrogen) atoms. The van der Waals surface area contributed by atoms with Gasteiger partial charge in [0.15, 0.2) is 23.1 Å². The van der Waals surface area contributed by atoms with Gasteiger partial charge < -0.3 is 18.9 Å². The number of carbonyl (C=O) groups excluding carboxylic acids is 3. The quantitative estimate of drug-likeness (QED) is 0.233. The van der Waals surface area contributed by atoms with Crippen LogP contribution >= 0.6 is 0 Å². The molecule has 0 saturated carbocycles. The van der Waals surface area contributed by atoms with Crippen LogP contribution in [0.2, 0.25) is 0 Å². The van der Waals surface area contributed by atoms with Gasteiger partial charge in [0.1, 0.15) is 18.5 Å². The van der Waals surface area contributed by atoms with E-state index in [1.165, 1.54) is 13.1 Å². The van der Waals surface area contributed by atoms with Crippen molar-refractivity contribution in [1.29, 1.82) is 0 Å². The van der Waals surface area contributed by atoms with Crippen molar-refractivity contribution in [3.8, 4) is 22.6 Å². The van der Waals surface area contributed by atoms with Gasteiger partial charge >= 0.3 is 6.29 Å².